The summed E-state index contributed by atoms with van der Waals surface area (Å²) in [5.41, 5.74) is 2.09. The van der Waals surface area contributed by atoms with Gasteiger partial charge in [-0.2, -0.15) is 0 Å². The fourth-order valence-corrected chi connectivity index (χ4v) is 5.64. The van der Waals surface area contributed by atoms with Gasteiger partial charge in [0.05, 0.1) is 11.9 Å². The molecule has 0 aliphatic carbocycles. The Morgan fingerprint density at radius 3 is 2.12 bits per heavy atom. The van der Waals surface area contributed by atoms with Crippen molar-refractivity contribution in [2.45, 2.75) is 51.7 Å². The second-order valence-corrected chi connectivity index (χ2v) is 12.6. The number of rotatable bonds is 13. The van der Waals surface area contributed by atoms with E-state index in [2.05, 4.69) is 5.32 Å². The quantitative estimate of drug-likeness (QED) is 0.271. The molecule has 3 aromatic rings. The van der Waals surface area contributed by atoms with Crippen LogP contribution in [0.5, 0.6) is 0 Å². The van der Waals surface area contributed by atoms with E-state index in [-0.39, 0.29) is 43.8 Å². The molecule has 3 aromatic carbocycles. The Kier molecular flexibility index (Phi) is 11.4. The highest BCUT2D eigenvalue weighted by atomic mass is 35.5. The molecule has 0 bridgehead atoms. The van der Waals surface area contributed by atoms with Crippen molar-refractivity contribution in [3.63, 3.8) is 0 Å². The van der Waals surface area contributed by atoms with Crippen LogP contribution in [-0.4, -0.2) is 50.0 Å². The number of halogens is 2. The SMILES string of the molecule is CC(C)NC(=O)C(Cc1ccccc1)N(Cc1ccccc1Cl)C(=O)CCCN(c1ccc(Cl)cc1)S(C)(=O)=O. The summed E-state index contributed by atoms with van der Waals surface area (Å²) in [6, 6.07) is 22.3. The molecule has 0 saturated heterocycles. The van der Waals surface area contributed by atoms with Gasteiger partial charge in [-0.15, -0.1) is 0 Å². The minimum absolute atomic E-state index is 0.0321. The first-order valence-corrected chi connectivity index (χ1v) is 15.7. The number of sulfonamides is 1. The monoisotopic (exact) mass is 603 g/mol. The van der Waals surface area contributed by atoms with Gasteiger partial charge in [0.15, 0.2) is 0 Å². The van der Waals surface area contributed by atoms with E-state index in [9.17, 15) is 18.0 Å². The summed E-state index contributed by atoms with van der Waals surface area (Å²) in [5.74, 6) is -0.539. The minimum atomic E-state index is -3.60. The molecule has 214 valence electrons. The van der Waals surface area contributed by atoms with Crippen LogP contribution in [0.15, 0.2) is 78.9 Å². The molecule has 40 heavy (non-hydrogen) atoms. The molecule has 0 fully saturated rings. The van der Waals surface area contributed by atoms with E-state index in [1.807, 2.05) is 56.3 Å². The average molecular weight is 605 g/mol. The molecule has 10 heteroatoms. The smallest absolute Gasteiger partial charge is 0.243 e. The van der Waals surface area contributed by atoms with Crippen LogP contribution in [0.25, 0.3) is 0 Å². The number of nitrogens with zero attached hydrogens (tertiary/aromatic N) is 2. The molecule has 1 N–H and O–H groups in total. The van der Waals surface area contributed by atoms with Gasteiger partial charge in [0.2, 0.25) is 21.8 Å². The van der Waals surface area contributed by atoms with Gasteiger partial charge in [-0.3, -0.25) is 13.9 Å². The van der Waals surface area contributed by atoms with Crippen LogP contribution in [0.4, 0.5) is 5.69 Å². The Bertz CT molecular complexity index is 1380. The Balaban J connectivity index is 1.88. The van der Waals surface area contributed by atoms with Gasteiger partial charge in [-0.1, -0.05) is 71.7 Å². The molecular weight excluding hydrogens is 569 g/mol. The topological polar surface area (TPSA) is 86.8 Å². The zero-order valence-corrected chi connectivity index (χ0v) is 25.2. The van der Waals surface area contributed by atoms with Crippen LogP contribution >= 0.6 is 23.2 Å². The highest BCUT2D eigenvalue weighted by Gasteiger charge is 2.31. The Hall–Kier alpha value is -3.07. The molecule has 0 radical (unpaired) electrons. The minimum Gasteiger partial charge on any atom is -0.352 e. The first-order chi connectivity index (χ1) is 19.0. The zero-order valence-electron chi connectivity index (χ0n) is 22.9. The summed E-state index contributed by atoms with van der Waals surface area (Å²) < 4.78 is 26.3. The standard InChI is InChI=1S/C30H35Cl2N3O4S/c1-22(2)33-30(37)28(20-23-10-5-4-6-11-23)34(21-24-12-7-8-13-27(24)32)29(36)14-9-19-35(40(3,38)39)26-17-15-25(31)16-18-26/h4-8,10-13,15-18,22,28H,9,14,19-21H2,1-3H3,(H,33,37). The number of hydrogen-bond acceptors (Lipinski definition) is 4. The highest BCUT2D eigenvalue weighted by Crippen LogP contribution is 2.23. The summed E-state index contributed by atoms with van der Waals surface area (Å²) in [6.07, 6.45) is 1.72. The van der Waals surface area contributed by atoms with Crippen molar-refractivity contribution in [2.24, 2.45) is 0 Å². The van der Waals surface area contributed by atoms with Crippen molar-refractivity contribution in [1.82, 2.24) is 10.2 Å². The largest absolute Gasteiger partial charge is 0.352 e. The number of carbonyl (C=O) groups excluding carboxylic acids is 2. The zero-order chi connectivity index (χ0) is 29.3. The molecular formula is C30H35Cl2N3O4S. The number of anilines is 1. The lowest BCUT2D eigenvalue weighted by molar-refractivity contribution is -0.141. The predicted octanol–water partition coefficient (Wildman–Crippen LogP) is 5.70. The molecule has 3 rings (SSSR count). The molecule has 0 heterocycles. The maximum atomic E-state index is 13.8. The van der Waals surface area contributed by atoms with Gasteiger partial charge in [0.1, 0.15) is 6.04 Å². The van der Waals surface area contributed by atoms with Gasteiger partial charge in [0.25, 0.3) is 0 Å². The third kappa shape index (κ3) is 9.25. The first-order valence-electron chi connectivity index (χ1n) is 13.1. The van der Waals surface area contributed by atoms with Crippen LogP contribution in [0.1, 0.15) is 37.8 Å². The van der Waals surface area contributed by atoms with Gasteiger partial charge >= 0.3 is 0 Å². The van der Waals surface area contributed by atoms with Crippen molar-refractivity contribution in [3.05, 3.63) is 100 Å². The third-order valence-electron chi connectivity index (χ3n) is 6.27. The molecule has 1 atom stereocenters. The van der Waals surface area contributed by atoms with E-state index in [4.69, 9.17) is 23.2 Å². The summed E-state index contributed by atoms with van der Waals surface area (Å²) >= 11 is 12.4. The summed E-state index contributed by atoms with van der Waals surface area (Å²) in [6.45, 7) is 3.96. The van der Waals surface area contributed by atoms with E-state index in [0.717, 1.165) is 11.8 Å². The maximum absolute atomic E-state index is 13.8. The van der Waals surface area contributed by atoms with Crippen LogP contribution < -0.4 is 9.62 Å². The Morgan fingerprint density at radius 1 is 0.900 bits per heavy atom. The van der Waals surface area contributed by atoms with E-state index < -0.39 is 16.1 Å². The Morgan fingerprint density at radius 2 is 1.52 bits per heavy atom. The fraction of sp³-hybridized carbons (Fsp3) is 0.333. The summed E-state index contributed by atoms with van der Waals surface area (Å²) in [4.78, 5) is 28.8. The van der Waals surface area contributed by atoms with Gasteiger partial charge in [-0.05, 0) is 61.7 Å². The van der Waals surface area contributed by atoms with E-state index in [1.165, 1.54) is 4.31 Å². The molecule has 0 saturated carbocycles. The molecule has 0 aromatic heterocycles. The normalized spacial score (nSPS) is 12.2. The van der Waals surface area contributed by atoms with Crippen molar-refractivity contribution < 1.29 is 18.0 Å². The highest BCUT2D eigenvalue weighted by molar-refractivity contribution is 7.92. The van der Waals surface area contributed by atoms with E-state index >= 15 is 0 Å². The maximum Gasteiger partial charge on any atom is 0.243 e. The third-order valence-corrected chi connectivity index (χ3v) is 8.08. The van der Waals surface area contributed by atoms with Crippen LogP contribution in [0.3, 0.4) is 0 Å². The van der Waals surface area contributed by atoms with Crippen molar-refractivity contribution in [3.8, 4) is 0 Å². The first kappa shape index (κ1) is 31.5. The average Bonchev–Trinajstić information content (AvgIpc) is 2.89. The molecule has 0 aliphatic rings. The predicted molar refractivity (Wildman–Crippen MR) is 162 cm³/mol. The summed E-state index contributed by atoms with van der Waals surface area (Å²) in [5, 5.41) is 3.94. The second-order valence-electron chi connectivity index (χ2n) is 9.90. The second kappa shape index (κ2) is 14.5. The summed E-state index contributed by atoms with van der Waals surface area (Å²) in [7, 11) is -3.60. The lowest BCUT2D eigenvalue weighted by Gasteiger charge is -2.32. The lowest BCUT2D eigenvalue weighted by Crippen LogP contribution is -2.51. The lowest BCUT2D eigenvalue weighted by atomic mass is 10.0. The van der Waals surface area contributed by atoms with Crippen LogP contribution in [0.2, 0.25) is 10.0 Å². The van der Waals surface area contributed by atoms with E-state index in [0.29, 0.717) is 27.7 Å². The van der Waals surface area contributed by atoms with E-state index in [1.54, 1.807) is 41.3 Å². The van der Waals surface area contributed by atoms with Gasteiger partial charge in [0, 0.05) is 42.0 Å². The van der Waals surface area contributed by atoms with Crippen molar-refractivity contribution >= 4 is 50.7 Å². The number of hydrogen-bond donors (Lipinski definition) is 1. The molecule has 7 nitrogen and oxygen atoms in total. The molecule has 1 unspecified atom stereocenters. The fourth-order valence-electron chi connectivity index (χ4n) is 4.36. The number of benzene rings is 3. The van der Waals surface area contributed by atoms with Gasteiger partial charge < -0.3 is 10.2 Å². The molecule has 2 amide bonds. The van der Waals surface area contributed by atoms with Crippen LogP contribution in [-0.2, 0) is 32.6 Å². The molecule has 0 spiro atoms. The Labute approximate surface area is 247 Å². The van der Waals surface area contributed by atoms with Crippen molar-refractivity contribution in [1.29, 1.82) is 0 Å². The molecule has 0 aliphatic heterocycles. The number of carbonyl (C=O) groups is 2. The van der Waals surface area contributed by atoms with Crippen molar-refractivity contribution in [2.75, 3.05) is 17.1 Å². The number of nitrogens with one attached hydrogen (secondary N) is 1. The number of amides is 2. The van der Waals surface area contributed by atoms with Crippen LogP contribution in [0, 0.1) is 0 Å². The van der Waals surface area contributed by atoms with Gasteiger partial charge in [-0.25, -0.2) is 8.42 Å².